The van der Waals surface area contributed by atoms with Gasteiger partial charge in [0.1, 0.15) is 0 Å². The van der Waals surface area contributed by atoms with Crippen LogP contribution < -0.4 is 0 Å². The smallest absolute Gasteiger partial charge is 0.0991 e. The molecule has 0 radical (unpaired) electrons. The van der Waals surface area contributed by atoms with Gasteiger partial charge in [0, 0.05) is 5.33 Å². The Kier molecular flexibility index (Phi) is 3.27. The van der Waals surface area contributed by atoms with Crippen molar-refractivity contribution in [3.8, 4) is 6.07 Å². The summed E-state index contributed by atoms with van der Waals surface area (Å²) in [6.07, 6.45) is 0. The van der Waals surface area contributed by atoms with Gasteiger partial charge in [0.15, 0.2) is 0 Å². The Morgan fingerprint density at radius 1 is 1.42 bits per heavy atom. The second-order valence-electron chi connectivity index (χ2n) is 2.39. The number of hydrogen-bond acceptors (Lipinski definition) is 2. The first-order valence-electron chi connectivity index (χ1n) is 3.50. The molecule has 0 aliphatic heterocycles. The van der Waals surface area contributed by atoms with Crippen LogP contribution in [0.5, 0.6) is 0 Å². The van der Waals surface area contributed by atoms with E-state index in [0.29, 0.717) is 10.9 Å². The maximum Gasteiger partial charge on any atom is 0.0991 e. The highest BCUT2D eigenvalue weighted by Gasteiger charge is 2.00. The third kappa shape index (κ3) is 1.84. The average Bonchev–Trinajstić information content (AvgIpc) is 2.16. The van der Waals surface area contributed by atoms with Crippen molar-refractivity contribution in [2.75, 3.05) is 0 Å². The van der Waals surface area contributed by atoms with Gasteiger partial charge < -0.3 is 5.11 Å². The molecular weight excluding hydrogens is 218 g/mol. The normalized spacial score (nSPS) is 9.42. The van der Waals surface area contributed by atoms with Crippen molar-refractivity contribution in [3.63, 3.8) is 0 Å². The van der Waals surface area contributed by atoms with Crippen molar-refractivity contribution in [2.24, 2.45) is 0 Å². The molecule has 0 saturated heterocycles. The fraction of sp³-hybridized carbons (Fsp3) is 0.222. The molecule has 1 rings (SSSR count). The second-order valence-corrected chi connectivity index (χ2v) is 2.95. The monoisotopic (exact) mass is 225 g/mol. The predicted molar refractivity (Wildman–Crippen MR) is 49.7 cm³/mol. The number of hydrogen-bond donors (Lipinski definition) is 1. The molecule has 2 nitrogen and oxygen atoms in total. The Bertz CT molecular complexity index is 317. The van der Waals surface area contributed by atoms with Crippen molar-refractivity contribution in [1.29, 1.82) is 5.26 Å². The van der Waals surface area contributed by atoms with E-state index in [4.69, 9.17) is 10.4 Å². The molecule has 0 aliphatic rings. The minimum Gasteiger partial charge on any atom is -0.392 e. The van der Waals surface area contributed by atoms with Crippen LogP contribution in [-0.2, 0) is 11.9 Å². The minimum atomic E-state index is 0.0205. The van der Waals surface area contributed by atoms with Crippen LogP contribution in [0.3, 0.4) is 0 Å². The Hall–Kier alpha value is -0.850. The van der Waals surface area contributed by atoms with Gasteiger partial charge >= 0.3 is 0 Å². The van der Waals surface area contributed by atoms with Gasteiger partial charge in [-0.05, 0) is 23.3 Å². The van der Waals surface area contributed by atoms with Crippen molar-refractivity contribution in [3.05, 3.63) is 34.9 Å². The molecule has 0 unspecified atom stereocenters. The number of benzene rings is 1. The lowest BCUT2D eigenvalue weighted by Gasteiger charge is -2.03. The van der Waals surface area contributed by atoms with E-state index in [1.54, 1.807) is 18.2 Å². The standard InChI is InChI=1S/C9H8BrNO/c10-4-9-3-7(5-11)1-2-8(9)6-12/h1-3,12H,4,6H2. The summed E-state index contributed by atoms with van der Waals surface area (Å²) in [5.74, 6) is 0. The van der Waals surface area contributed by atoms with E-state index in [1.807, 2.05) is 0 Å². The van der Waals surface area contributed by atoms with Crippen molar-refractivity contribution in [2.45, 2.75) is 11.9 Å². The van der Waals surface area contributed by atoms with Crippen LogP contribution in [0.2, 0.25) is 0 Å². The van der Waals surface area contributed by atoms with Crippen LogP contribution in [-0.4, -0.2) is 5.11 Å². The minimum absolute atomic E-state index is 0.0205. The highest BCUT2D eigenvalue weighted by molar-refractivity contribution is 9.08. The highest BCUT2D eigenvalue weighted by Crippen LogP contribution is 2.14. The van der Waals surface area contributed by atoms with Gasteiger partial charge in [0.25, 0.3) is 0 Å². The molecule has 12 heavy (non-hydrogen) atoms. The van der Waals surface area contributed by atoms with E-state index in [9.17, 15) is 0 Å². The molecule has 0 aromatic heterocycles. The zero-order chi connectivity index (χ0) is 8.97. The predicted octanol–water partition coefficient (Wildman–Crippen LogP) is 1.95. The maximum absolute atomic E-state index is 8.91. The van der Waals surface area contributed by atoms with Gasteiger partial charge in [-0.3, -0.25) is 0 Å². The molecule has 0 spiro atoms. The zero-order valence-corrected chi connectivity index (χ0v) is 8.00. The van der Waals surface area contributed by atoms with Crippen LogP contribution in [0.1, 0.15) is 16.7 Å². The molecular formula is C9H8BrNO. The largest absolute Gasteiger partial charge is 0.392 e. The Labute approximate surface area is 79.6 Å². The molecule has 0 saturated carbocycles. The van der Waals surface area contributed by atoms with E-state index in [1.165, 1.54) is 0 Å². The topological polar surface area (TPSA) is 44.0 Å². The molecule has 0 bridgehead atoms. The maximum atomic E-state index is 8.91. The number of nitriles is 1. The molecule has 0 fully saturated rings. The van der Waals surface area contributed by atoms with Gasteiger partial charge in [-0.25, -0.2) is 0 Å². The van der Waals surface area contributed by atoms with E-state index in [-0.39, 0.29) is 6.61 Å². The molecule has 1 aromatic carbocycles. The van der Waals surface area contributed by atoms with Gasteiger partial charge in [0.05, 0.1) is 18.2 Å². The summed E-state index contributed by atoms with van der Waals surface area (Å²) in [5.41, 5.74) is 2.46. The molecule has 0 heterocycles. The SMILES string of the molecule is N#Cc1ccc(CO)c(CBr)c1. The van der Waals surface area contributed by atoms with Crippen LogP contribution in [0.4, 0.5) is 0 Å². The van der Waals surface area contributed by atoms with Gasteiger partial charge in [-0.2, -0.15) is 5.26 Å². The highest BCUT2D eigenvalue weighted by atomic mass is 79.9. The first kappa shape index (κ1) is 9.24. The summed E-state index contributed by atoms with van der Waals surface area (Å²) < 4.78 is 0. The summed E-state index contributed by atoms with van der Waals surface area (Å²) in [4.78, 5) is 0. The Morgan fingerprint density at radius 2 is 2.17 bits per heavy atom. The number of rotatable bonds is 2. The number of alkyl halides is 1. The van der Waals surface area contributed by atoms with Gasteiger partial charge in [0.2, 0.25) is 0 Å². The Morgan fingerprint density at radius 3 is 2.67 bits per heavy atom. The van der Waals surface area contributed by atoms with E-state index >= 15 is 0 Å². The molecule has 62 valence electrons. The molecule has 0 amide bonds. The molecule has 3 heteroatoms. The molecule has 1 N–H and O–H groups in total. The van der Waals surface area contributed by atoms with Gasteiger partial charge in [-0.15, -0.1) is 0 Å². The fourth-order valence-electron chi connectivity index (χ4n) is 0.974. The van der Waals surface area contributed by atoms with Crippen molar-refractivity contribution < 1.29 is 5.11 Å². The third-order valence-corrected chi connectivity index (χ3v) is 2.25. The molecule has 1 aromatic rings. The second kappa shape index (κ2) is 4.24. The van der Waals surface area contributed by atoms with E-state index < -0.39 is 0 Å². The van der Waals surface area contributed by atoms with Crippen LogP contribution in [0, 0.1) is 11.3 Å². The van der Waals surface area contributed by atoms with Gasteiger partial charge in [-0.1, -0.05) is 22.0 Å². The summed E-state index contributed by atoms with van der Waals surface area (Å²) in [6.45, 7) is 0.0205. The van der Waals surface area contributed by atoms with E-state index in [0.717, 1.165) is 11.1 Å². The number of aliphatic hydroxyl groups is 1. The summed E-state index contributed by atoms with van der Waals surface area (Å²) >= 11 is 3.29. The van der Waals surface area contributed by atoms with E-state index in [2.05, 4.69) is 22.0 Å². The first-order valence-corrected chi connectivity index (χ1v) is 4.62. The lowest BCUT2D eigenvalue weighted by atomic mass is 10.1. The van der Waals surface area contributed by atoms with Crippen LogP contribution >= 0.6 is 15.9 Å². The fourth-order valence-corrected chi connectivity index (χ4v) is 1.50. The molecule has 0 atom stereocenters. The number of halogens is 1. The number of nitrogens with zero attached hydrogens (tertiary/aromatic N) is 1. The number of aliphatic hydroxyl groups excluding tert-OH is 1. The third-order valence-electron chi connectivity index (χ3n) is 1.65. The van der Waals surface area contributed by atoms with Crippen molar-refractivity contribution in [1.82, 2.24) is 0 Å². The van der Waals surface area contributed by atoms with Crippen LogP contribution in [0.15, 0.2) is 18.2 Å². The summed E-state index contributed by atoms with van der Waals surface area (Å²) in [5, 5.41) is 18.2. The summed E-state index contributed by atoms with van der Waals surface area (Å²) in [7, 11) is 0. The molecule has 0 aliphatic carbocycles. The van der Waals surface area contributed by atoms with Crippen molar-refractivity contribution >= 4 is 15.9 Å². The summed E-state index contributed by atoms with van der Waals surface area (Å²) in [6, 6.07) is 7.31. The quantitative estimate of drug-likeness (QED) is 0.783. The average molecular weight is 226 g/mol. The first-order chi connectivity index (χ1) is 5.81. The zero-order valence-electron chi connectivity index (χ0n) is 6.42. The lowest BCUT2D eigenvalue weighted by molar-refractivity contribution is 0.281. The Balaban J connectivity index is 3.13. The lowest BCUT2D eigenvalue weighted by Crippen LogP contribution is -1.91. The van der Waals surface area contributed by atoms with Crippen LogP contribution in [0.25, 0.3) is 0 Å².